The Balaban J connectivity index is 1.25. The molecule has 0 aliphatic carbocycles. The zero-order valence-electron chi connectivity index (χ0n) is 17.7. The van der Waals surface area contributed by atoms with Gasteiger partial charge in [-0.3, -0.25) is 4.79 Å². The predicted octanol–water partition coefficient (Wildman–Crippen LogP) is 3.85. The van der Waals surface area contributed by atoms with Crippen LogP contribution in [0.3, 0.4) is 0 Å². The van der Waals surface area contributed by atoms with Gasteiger partial charge in [-0.05, 0) is 49.9 Å². The molecule has 0 bridgehead atoms. The Bertz CT molecular complexity index is 847. The zero-order chi connectivity index (χ0) is 21.3. The Morgan fingerprint density at radius 2 is 1.68 bits per heavy atom. The molecule has 2 aromatic carbocycles. The Morgan fingerprint density at radius 3 is 2.42 bits per heavy atom. The van der Waals surface area contributed by atoms with Gasteiger partial charge in [-0.2, -0.15) is 0 Å². The number of amides is 1. The fourth-order valence-corrected chi connectivity index (χ4v) is 3.69. The number of carbonyl (C=O) groups excluding carboxylic acids is 1. The normalized spacial score (nSPS) is 20.4. The monoisotopic (exact) mass is 426 g/mol. The van der Waals surface area contributed by atoms with Gasteiger partial charge in [-0.1, -0.05) is 18.2 Å². The second-order valence-electron chi connectivity index (χ2n) is 7.82. The highest BCUT2D eigenvalue weighted by Gasteiger charge is 2.17. The molecule has 2 atom stereocenters. The number of rotatable bonds is 10. The highest BCUT2D eigenvalue weighted by Crippen LogP contribution is 2.25. The number of ether oxygens (including phenoxy) is 4. The lowest BCUT2D eigenvalue weighted by molar-refractivity contribution is -0.114. The number of hydrogen-bond acceptors (Lipinski definition) is 6. The number of benzene rings is 2. The Kier molecular flexibility index (Phi) is 7.63. The third-order valence-corrected chi connectivity index (χ3v) is 5.36. The van der Waals surface area contributed by atoms with Crippen LogP contribution in [0.2, 0.25) is 0 Å². The Morgan fingerprint density at radius 1 is 0.935 bits per heavy atom. The van der Waals surface area contributed by atoms with E-state index >= 15 is 0 Å². The highest BCUT2D eigenvalue weighted by molar-refractivity contribution is 5.95. The van der Waals surface area contributed by atoms with E-state index in [1.807, 2.05) is 48.5 Å². The van der Waals surface area contributed by atoms with Crippen LogP contribution in [0, 0.1) is 0 Å². The van der Waals surface area contributed by atoms with E-state index in [1.165, 1.54) is 0 Å². The van der Waals surface area contributed by atoms with Crippen molar-refractivity contribution in [2.24, 2.45) is 0 Å². The van der Waals surface area contributed by atoms with Gasteiger partial charge < -0.3 is 29.6 Å². The van der Waals surface area contributed by atoms with Gasteiger partial charge in [0.2, 0.25) is 5.91 Å². The summed E-state index contributed by atoms with van der Waals surface area (Å²) in [5.74, 6) is 1.25. The molecular formula is C24H30N2O5. The molecule has 0 saturated carbocycles. The first-order chi connectivity index (χ1) is 15.3. The topological polar surface area (TPSA) is 78.1 Å². The molecule has 7 nitrogen and oxygen atoms in total. The summed E-state index contributed by atoms with van der Waals surface area (Å²) in [4.78, 5) is 12.5. The third kappa shape index (κ3) is 6.60. The van der Waals surface area contributed by atoms with Crippen LogP contribution in [0.4, 0.5) is 11.4 Å². The van der Waals surface area contributed by atoms with Gasteiger partial charge in [0.1, 0.15) is 24.7 Å². The first kappa shape index (κ1) is 21.5. The van der Waals surface area contributed by atoms with Crippen LogP contribution >= 0.6 is 0 Å². The molecular weight excluding hydrogens is 396 g/mol. The van der Waals surface area contributed by atoms with E-state index in [-0.39, 0.29) is 24.7 Å². The molecule has 2 heterocycles. The molecule has 2 saturated heterocycles. The molecule has 2 aliphatic heterocycles. The number of carbonyl (C=O) groups is 1. The summed E-state index contributed by atoms with van der Waals surface area (Å²) in [6, 6.07) is 15.1. The van der Waals surface area contributed by atoms with Crippen molar-refractivity contribution in [1.29, 1.82) is 0 Å². The van der Waals surface area contributed by atoms with E-state index in [0.29, 0.717) is 24.7 Å². The molecule has 31 heavy (non-hydrogen) atoms. The van der Waals surface area contributed by atoms with Crippen LogP contribution in [0.15, 0.2) is 48.5 Å². The van der Waals surface area contributed by atoms with E-state index in [4.69, 9.17) is 18.9 Å². The molecule has 2 fully saturated rings. The number of nitrogens with one attached hydrogen (secondary N) is 2. The fourth-order valence-electron chi connectivity index (χ4n) is 3.69. The molecule has 2 aromatic rings. The van der Waals surface area contributed by atoms with Crippen LogP contribution in [0.1, 0.15) is 25.7 Å². The lowest BCUT2D eigenvalue weighted by atomic mass is 10.2. The van der Waals surface area contributed by atoms with Crippen molar-refractivity contribution in [2.75, 3.05) is 43.6 Å². The lowest BCUT2D eigenvalue weighted by Crippen LogP contribution is -2.23. The average molecular weight is 427 g/mol. The van der Waals surface area contributed by atoms with Gasteiger partial charge in [-0.15, -0.1) is 0 Å². The second-order valence-corrected chi connectivity index (χ2v) is 7.82. The van der Waals surface area contributed by atoms with Gasteiger partial charge >= 0.3 is 0 Å². The van der Waals surface area contributed by atoms with Crippen LogP contribution in [-0.4, -0.2) is 51.1 Å². The number of anilines is 2. The summed E-state index contributed by atoms with van der Waals surface area (Å²) >= 11 is 0. The van der Waals surface area contributed by atoms with Crippen molar-refractivity contribution < 1.29 is 23.7 Å². The fraction of sp³-hybridized carbons (Fsp3) is 0.458. The van der Waals surface area contributed by atoms with Crippen LogP contribution in [0.5, 0.6) is 11.5 Å². The third-order valence-electron chi connectivity index (χ3n) is 5.36. The number of para-hydroxylation sites is 2. The standard InChI is InChI=1S/C24H30N2O5/c27-24(26-22-10-1-2-11-23(22)31-17-21-9-5-13-29-21)15-25-18-6-3-7-19(14-18)30-16-20-8-4-12-28-20/h1-3,6-7,10-11,14,20-21,25H,4-5,8-9,12-13,15-17H2,(H,26,27). The summed E-state index contributed by atoms with van der Waals surface area (Å²) in [5, 5.41) is 6.06. The Hall–Kier alpha value is -2.77. The van der Waals surface area contributed by atoms with Gasteiger partial charge in [0.15, 0.2) is 0 Å². The van der Waals surface area contributed by atoms with E-state index < -0.39 is 0 Å². The SMILES string of the molecule is O=C(CNc1cccc(OCC2CCCO2)c1)Nc1ccccc1OCC1CCCO1. The smallest absolute Gasteiger partial charge is 0.243 e. The summed E-state index contributed by atoms with van der Waals surface area (Å²) in [7, 11) is 0. The minimum atomic E-state index is -0.154. The molecule has 4 rings (SSSR count). The van der Waals surface area contributed by atoms with Gasteiger partial charge in [0.25, 0.3) is 0 Å². The molecule has 2 N–H and O–H groups in total. The minimum absolute atomic E-state index is 0.125. The van der Waals surface area contributed by atoms with Gasteiger partial charge in [0.05, 0.1) is 24.4 Å². The van der Waals surface area contributed by atoms with Crippen molar-refractivity contribution in [3.05, 3.63) is 48.5 Å². The highest BCUT2D eigenvalue weighted by atomic mass is 16.5. The maximum Gasteiger partial charge on any atom is 0.243 e. The van der Waals surface area contributed by atoms with Crippen molar-refractivity contribution in [3.63, 3.8) is 0 Å². The van der Waals surface area contributed by atoms with Crippen molar-refractivity contribution in [3.8, 4) is 11.5 Å². The largest absolute Gasteiger partial charge is 0.491 e. The maximum absolute atomic E-state index is 12.5. The van der Waals surface area contributed by atoms with Crippen LogP contribution < -0.4 is 20.1 Å². The minimum Gasteiger partial charge on any atom is -0.491 e. The summed E-state index contributed by atoms with van der Waals surface area (Å²) in [6.07, 6.45) is 4.50. The average Bonchev–Trinajstić information content (AvgIpc) is 3.50. The van der Waals surface area contributed by atoms with Crippen LogP contribution in [0.25, 0.3) is 0 Å². The summed E-state index contributed by atoms with van der Waals surface area (Å²) in [6.45, 7) is 2.78. The first-order valence-electron chi connectivity index (χ1n) is 11.0. The molecule has 1 amide bonds. The summed E-state index contributed by atoms with van der Waals surface area (Å²) in [5.41, 5.74) is 1.48. The summed E-state index contributed by atoms with van der Waals surface area (Å²) < 4.78 is 22.9. The second kappa shape index (κ2) is 11.0. The predicted molar refractivity (Wildman–Crippen MR) is 119 cm³/mol. The van der Waals surface area contributed by atoms with Gasteiger partial charge in [0, 0.05) is 25.0 Å². The quantitative estimate of drug-likeness (QED) is 0.601. The first-order valence-corrected chi connectivity index (χ1v) is 11.0. The van der Waals surface area contributed by atoms with E-state index in [9.17, 15) is 4.79 Å². The number of hydrogen-bond donors (Lipinski definition) is 2. The molecule has 2 unspecified atom stereocenters. The molecule has 0 radical (unpaired) electrons. The van der Waals surface area contributed by atoms with E-state index in [2.05, 4.69) is 10.6 Å². The Labute approximate surface area is 183 Å². The van der Waals surface area contributed by atoms with Crippen molar-refractivity contribution in [2.45, 2.75) is 37.9 Å². The zero-order valence-corrected chi connectivity index (χ0v) is 17.7. The molecule has 7 heteroatoms. The molecule has 0 aromatic heterocycles. The lowest BCUT2D eigenvalue weighted by Gasteiger charge is -2.15. The van der Waals surface area contributed by atoms with E-state index in [1.54, 1.807) is 0 Å². The molecule has 0 spiro atoms. The van der Waals surface area contributed by atoms with Crippen LogP contribution in [-0.2, 0) is 14.3 Å². The van der Waals surface area contributed by atoms with E-state index in [0.717, 1.165) is 50.3 Å². The molecule has 2 aliphatic rings. The van der Waals surface area contributed by atoms with Gasteiger partial charge in [-0.25, -0.2) is 0 Å². The maximum atomic E-state index is 12.5. The van der Waals surface area contributed by atoms with Crippen molar-refractivity contribution >= 4 is 17.3 Å². The molecule has 166 valence electrons. The van der Waals surface area contributed by atoms with Crippen molar-refractivity contribution in [1.82, 2.24) is 0 Å².